The van der Waals surface area contributed by atoms with Crippen LogP contribution < -0.4 is 9.80 Å². The average molecular weight is 315 g/mol. The number of morpholine rings is 1. The van der Waals surface area contributed by atoms with Gasteiger partial charge in [0.25, 0.3) is 0 Å². The number of aromatic nitrogens is 3. The number of H-pyrrole nitrogens is 1. The Bertz CT molecular complexity index is 696. The molecule has 2 atom stereocenters. The fourth-order valence-electron chi connectivity index (χ4n) is 3.76. The van der Waals surface area contributed by atoms with Crippen LogP contribution in [0.25, 0.3) is 11.0 Å². The van der Waals surface area contributed by atoms with Crippen LogP contribution in [0, 0.1) is 6.92 Å². The van der Waals surface area contributed by atoms with Gasteiger partial charge < -0.3 is 19.5 Å². The van der Waals surface area contributed by atoms with Crippen LogP contribution in [0.3, 0.4) is 0 Å². The van der Waals surface area contributed by atoms with Crippen molar-refractivity contribution in [2.45, 2.75) is 45.8 Å². The van der Waals surface area contributed by atoms with Gasteiger partial charge in [0.2, 0.25) is 5.95 Å². The predicted molar refractivity (Wildman–Crippen MR) is 92.3 cm³/mol. The zero-order valence-electron chi connectivity index (χ0n) is 14.2. The third-order valence-corrected chi connectivity index (χ3v) is 4.70. The third-order valence-electron chi connectivity index (χ3n) is 4.70. The molecule has 2 unspecified atom stereocenters. The Labute approximate surface area is 136 Å². The number of nitrogens with zero attached hydrogens (tertiary/aromatic N) is 4. The van der Waals surface area contributed by atoms with E-state index in [0.717, 1.165) is 54.7 Å². The monoisotopic (exact) mass is 315 g/mol. The molecule has 6 nitrogen and oxygen atoms in total. The number of anilines is 2. The van der Waals surface area contributed by atoms with Gasteiger partial charge in [-0.2, -0.15) is 9.97 Å². The van der Waals surface area contributed by atoms with Gasteiger partial charge in [0.1, 0.15) is 11.5 Å². The van der Waals surface area contributed by atoms with E-state index in [4.69, 9.17) is 14.7 Å². The molecule has 0 amide bonds. The standard InChI is InChI=1S/C17H25N5O/c1-11-8-14-15(18-11)19-17(21-6-4-5-7-21)20-16(14)22-9-12(2)23-13(3)10-22/h8,12-13H,4-7,9-10H2,1-3H3,(H,18,19,20). The minimum Gasteiger partial charge on any atom is -0.372 e. The van der Waals surface area contributed by atoms with E-state index in [2.05, 4.69) is 41.6 Å². The van der Waals surface area contributed by atoms with Crippen LogP contribution in [-0.4, -0.2) is 53.3 Å². The van der Waals surface area contributed by atoms with E-state index < -0.39 is 0 Å². The van der Waals surface area contributed by atoms with E-state index in [9.17, 15) is 0 Å². The molecule has 0 aliphatic carbocycles. The van der Waals surface area contributed by atoms with E-state index in [1.54, 1.807) is 0 Å². The molecule has 4 heterocycles. The molecule has 6 heteroatoms. The summed E-state index contributed by atoms with van der Waals surface area (Å²) in [5.41, 5.74) is 2.07. The van der Waals surface area contributed by atoms with E-state index in [-0.39, 0.29) is 12.2 Å². The van der Waals surface area contributed by atoms with Gasteiger partial charge in [-0.05, 0) is 39.7 Å². The van der Waals surface area contributed by atoms with Crippen molar-refractivity contribution in [1.82, 2.24) is 15.0 Å². The Morgan fingerprint density at radius 3 is 2.48 bits per heavy atom. The smallest absolute Gasteiger partial charge is 0.229 e. The summed E-state index contributed by atoms with van der Waals surface area (Å²) in [6.45, 7) is 10.2. The Morgan fingerprint density at radius 1 is 1.09 bits per heavy atom. The molecule has 4 rings (SSSR count). The summed E-state index contributed by atoms with van der Waals surface area (Å²) in [7, 11) is 0. The van der Waals surface area contributed by atoms with Gasteiger partial charge in [-0.1, -0.05) is 0 Å². The van der Waals surface area contributed by atoms with Crippen LogP contribution >= 0.6 is 0 Å². The minimum absolute atomic E-state index is 0.221. The lowest BCUT2D eigenvalue weighted by Gasteiger charge is -2.36. The first-order valence-electron chi connectivity index (χ1n) is 8.63. The van der Waals surface area contributed by atoms with Crippen LogP contribution in [0.4, 0.5) is 11.8 Å². The fraction of sp³-hybridized carbons (Fsp3) is 0.647. The fourth-order valence-corrected chi connectivity index (χ4v) is 3.76. The summed E-state index contributed by atoms with van der Waals surface area (Å²) < 4.78 is 5.88. The third kappa shape index (κ3) is 2.76. The van der Waals surface area contributed by atoms with Crippen molar-refractivity contribution in [2.24, 2.45) is 0 Å². The maximum Gasteiger partial charge on any atom is 0.229 e. The first kappa shape index (κ1) is 14.8. The van der Waals surface area contributed by atoms with Crippen LogP contribution in [-0.2, 0) is 4.74 Å². The van der Waals surface area contributed by atoms with Crippen molar-refractivity contribution in [3.05, 3.63) is 11.8 Å². The molecule has 2 fully saturated rings. The Balaban J connectivity index is 1.79. The van der Waals surface area contributed by atoms with Crippen molar-refractivity contribution >= 4 is 22.8 Å². The van der Waals surface area contributed by atoms with Crippen molar-refractivity contribution in [2.75, 3.05) is 36.0 Å². The molecule has 0 aromatic carbocycles. The molecule has 2 saturated heterocycles. The summed E-state index contributed by atoms with van der Waals surface area (Å²) in [5, 5.41) is 1.12. The summed E-state index contributed by atoms with van der Waals surface area (Å²) in [6.07, 6.45) is 2.90. The van der Waals surface area contributed by atoms with Crippen LogP contribution in [0.15, 0.2) is 6.07 Å². The Morgan fingerprint density at radius 2 is 1.78 bits per heavy atom. The van der Waals surface area contributed by atoms with E-state index in [0.29, 0.717) is 0 Å². The summed E-state index contributed by atoms with van der Waals surface area (Å²) in [4.78, 5) is 17.8. The second kappa shape index (κ2) is 5.67. The highest BCUT2D eigenvalue weighted by atomic mass is 16.5. The number of rotatable bonds is 2. The van der Waals surface area contributed by atoms with Crippen LogP contribution in [0.1, 0.15) is 32.4 Å². The molecule has 0 saturated carbocycles. The van der Waals surface area contributed by atoms with Crippen molar-refractivity contribution in [3.63, 3.8) is 0 Å². The van der Waals surface area contributed by atoms with Crippen molar-refractivity contribution in [3.8, 4) is 0 Å². The Kier molecular flexibility index (Phi) is 3.64. The quantitative estimate of drug-likeness (QED) is 0.922. The van der Waals surface area contributed by atoms with E-state index >= 15 is 0 Å². The first-order valence-corrected chi connectivity index (χ1v) is 8.63. The second-order valence-corrected chi connectivity index (χ2v) is 6.92. The van der Waals surface area contributed by atoms with Gasteiger partial charge in [-0.25, -0.2) is 0 Å². The van der Waals surface area contributed by atoms with Crippen LogP contribution in [0.2, 0.25) is 0 Å². The van der Waals surface area contributed by atoms with Gasteiger partial charge in [0.05, 0.1) is 17.6 Å². The lowest BCUT2D eigenvalue weighted by Crippen LogP contribution is -2.46. The highest BCUT2D eigenvalue weighted by Gasteiger charge is 2.27. The molecular weight excluding hydrogens is 290 g/mol. The van der Waals surface area contributed by atoms with Crippen molar-refractivity contribution < 1.29 is 4.74 Å². The summed E-state index contributed by atoms with van der Waals surface area (Å²) >= 11 is 0. The van der Waals surface area contributed by atoms with E-state index in [1.165, 1.54) is 12.8 Å². The molecule has 124 valence electrons. The molecular formula is C17H25N5O. The van der Waals surface area contributed by atoms with E-state index in [1.807, 2.05) is 0 Å². The highest BCUT2D eigenvalue weighted by molar-refractivity contribution is 5.89. The molecule has 1 N–H and O–H groups in total. The number of hydrogen-bond donors (Lipinski definition) is 1. The number of ether oxygens (including phenoxy) is 1. The molecule has 2 aliphatic rings. The maximum atomic E-state index is 5.88. The normalized spacial score (nSPS) is 25.5. The molecule has 2 aromatic heterocycles. The lowest BCUT2D eigenvalue weighted by molar-refractivity contribution is -0.00536. The van der Waals surface area contributed by atoms with Gasteiger partial charge in [0, 0.05) is 31.9 Å². The summed E-state index contributed by atoms with van der Waals surface area (Å²) in [5.74, 6) is 1.90. The molecule has 0 spiro atoms. The molecule has 2 aliphatic heterocycles. The largest absolute Gasteiger partial charge is 0.372 e. The highest BCUT2D eigenvalue weighted by Crippen LogP contribution is 2.30. The maximum absolute atomic E-state index is 5.88. The molecule has 23 heavy (non-hydrogen) atoms. The number of hydrogen-bond acceptors (Lipinski definition) is 5. The molecule has 0 bridgehead atoms. The van der Waals surface area contributed by atoms with Crippen LogP contribution in [0.5, 0.6) is 0 Å². The topological polar surface area (TPSA) is 57.3 Å². The number of aryl methyl sites for hydroxylation is 1. The number of aromatic amines is 1. The molecule has 2 aromatic rings. The SMILES string of the molecule is Cc1cc2c(N3CC(C)OC(C)C3)nc(N3CCCC3)nc2[nH]1. The zero-order valence-corrected chi connectivity index (χ0v) is 14.2. The van der Waals surface area contributed by atoms with Gasteiger partial charge in [-0.3, -0.25) is 0 Å². The minimum atomic E-state index is 0.221. The molecule has 0 radical (unpaired) electrons. The average Bonchev–Trinajstić information content (AvgIpc) is 3.12. The van der Waals surface area contributed by atoms with Gasteiger partial charge in [0.15, 0.2) is 0 Å². The first-order chi connectivity index (χ1) is 11.1. The lowest BCUT2D eigenvalue weighted by atomic mass is 10.2. The van der Waals surface area contributed by atoms with Gasteiger partial charge in [-0.15, -0.1) is 0 Å². The summed E-state index contributed by atoms with van der Waals surface area (Å²) in [6, 6.07) is 2.16. The predicted octanol–water partition coefficient (Wildman–Crippen LogP) is 2.48. The number of fused-ring (bicyclic) bond motifs is 1. The van der Waals surface area contributed by atoms with Gasteiger partial charge >= 0.3 is 0 Å². The zero-order chi connectivity index (χ0) is 16.0. The Hall–Kier alpha value is -1.82. The second-order valence-electron chi connectivity index (χ2n) is 6.92. The van der Waals surface area contributed by atoms with Crippen molar-refractivity contribution in [1.29, 1.82) is 0 Å². The number of nitrogens with one attached hydrogen (secondary N) is 1.